The predicted octanol–water partition coefficient (Wildman–Crippen LogP) is 3.88. The standard InChI is InChI=1S/C20H22N4OS/c1-12-10-18(21-16-11-24-7-4-13(16)5-8-24)22-23-19(12)15-2-3-17-14(20(15)25)6-9-26-17/h2-3,6,9-10,13,16,25H,4-5,7-8,11H2,1H3,(H,21,22). The van der Waals surface area contributed by atoms with Crippen molar-refractivity contribution in [3.8, 4) is 17.0 Å². The van der Waals surface area contributed by atoms with Crippen molar-refractivity contribution < 1.29 is 5.11 Å². The molecule has 3 aromatic rings. The lowest BCUT2D eigenvalue weighted by Crippen LogP contribution is -2.53. The Balaban J connectivity index is 1.43. The summed E-state index contributed by atoms with van der Waals surface area (Å²) in [5.41, 5.74) is 2.51. The minimum absolute atomic E-state index is 0.291. The number of benzene rings is 1. The second-order valence-corrected chi connectivity index (χ2v) is 8.39. The van der Waals surface area contributed by atoms with Gasteiger partial charge in [0.25, 0.3) is 0 Å². The van der Waals surface area contributed by atoms with E-state index in [9.17, 15) is 5.11 Å². The summed E-state index contributed by atoms with van der Waals surface area (Å²) in [5, 5.41) is 26.0. The fourth-order valence-corrected chi connectivity index (χ4v) is 5.15. The van der Waals surface area contributed by atoms with Crippen LogP contribution < -0.4 is 5.32 Å². The van der Waals surface area contributed by atoms with Gasteiger partial charge >= 0.3 is 0 Å². The highest BCUT2D eigenvalue weighted by molar-refractivity contribution is 7.17. The maximum atomic E-state index is 10.6. The van der Waals surface area contributed by atoms with Crippen molar-refractivity contribution >= 4 is 27.2 Å². The van der Waals surface area contributed by atoms with E-state index >= 15 is 0 Å². The van der Waals surface area contributed by atoms with E-state index in [1.54, 1.807) is 11.3 Å². The molecule has 3 saturated heterocycles. The summed E-state index contributed by atoms with van der Waals surface area (Å²) in [4.78, 5) is 2.53. The van der Waals surface area contributed by atoms with E-state index in [2.05, 4.69) is 26.5 Å². The van der Waals surface area contributed by atoms with E-state index in [1.807, 2.05) is 30.5 Å². The molecule has 26 heavy (non-hydrogen) atoms. The average Bonchev–Trinajstić information content (AvgIpc) is 3.14. The summed E-state index contributed by atoms with van der Waals surface area (Å²) >= 11 is 1.63. The van der Waals surface area contributed by atoms with E-state index in [-0.39, 0.29) is 0 Å². The molecule has 1 unspecified atom stereocenters. The molecule has 0 saturated carbocycles. The van der Waals surface area contributed by atoms with Crippen LogP contribution in [0.2, 0.25) is 0 Å². The lowest BCUT2D eigenvalue weighted by Gasteiger charge is -2.45. The maximum absolute atomic E-state index is 10.6. The van der Waals surface area contributed by atoms with Gasteiger partial charge in [-0.15, -0.1) is 21.5 Å². The number of phenols is 1. The third-order valence-corrected chi connectivity index (χ3v) is 6.72. The number of rotatable bonds is 3. The summed E-state index contributed by atoms with van der Waals surface area (Å²) in [5.74, 6) is 1.87. The minimum atomic E-state index is 0.291. The molecule has 1 atom stereocenters. The van der Waals surface area contributed by atoms with Crippen molar-refractivity contribution in [1.29, 1.82) is 0 Å². The first kappa shape index (κ1) is 16.0. The van der Waals surface area contributed by atoms with Crippen molar-refractivity contribution in [1.82, 2.24) is 15.1 Å². The zero-order chi connectivity index (χ0) is 17.7. The van der Waals surface area contributed by atoms with E-state index < -0.39 is 0 Å². The van der Waals surface area contributed by atoms with Crippen LogP contribution in [-0.2, 0) is 0 Å². The van der Waals surface area contributed by atoms with Crippen molar-refractivity contribution in [3.05, 3.63) is 35.2 Å². The Morgan fingerprint density at radius 2 is 2.04 bits per heavy atom. The number of thiophene rings is 1. The SMILES string of the molecule is Cc1cc(NC2CN3CCC2CC3)nnc1-c1ccc2sccc2c1O. The highest BCUT2D eigenvalue weighted by Gasteiger charge is 2.34. The van der Waals surface area contributed by atoms with Gasteiger partial charge in [0.1, 0.15) is 11.6 Å². The number of aromatic hydroxyl groups is 1. The normalized spacial score (nSPS) is 24.9. The molecule has 0 aliphatic carbocycles. The van der Waals surface area contributed by atoms with Gasteiger partial charge in [0.2, 0.25) is 0 Å². The van der Waals surface area contributed by atoms with Crippen molar-refractivity contribution in [3.63, 3.8) is 0 Å². The number of fused-ring (bicyclic) bond motifs is 4. The lowest BCUT2D eigenvalue weighted by molar-refractivity contribution is 0.0973. The van der Waals surface area contributed by atoms with Gasteiger partial charge in [0.05, 0.1) is 5.69 Å². The lowest BCUT2D eigenvalue weighted by atomic mass is 9.84. The van der Waals surface area contributed by atoms with Crippen molar-refractivity contribution in [2.75, 3.05) is 25.0 Å². The number of phenolic OH excluding ortho intramolecular Hbond substituents is 1. The molecule has 3 fully saturated rings. The van der Waals surface area contributed by atoms with E-state index in [0.717, 1.165) is 45.2 Å². The summed E-state index contributed by atoms with van der Waals surface area (Å²) in [7, 11) is 0. The topological polar surface area (TPSA) is 61.3 Å². The van der Waals surface area contributed by atoms with Gasteiger partial charge in [-0.1, -0.05) is 0 Å². The van der Waals surface area contributed by atoms with Gasteiger partial charge < -0.3 is 15.3 Å². The molecule has 6 heteroatoms. The van der Waals surface area contributed by atoms with Crippen LogP contribution in [0.5, 0.6) is 5.75 Å². The van der Waals surface area contributed by atoms with Crippen molar-refractivity contribution in [2.24, 2.45) is 5.92 Å². The Hall–Kier alpha value is -2.18. The first-order chi connectivity index (χ1) is 12.7. The molecule has 134 valence electrons. The number of nitrogens with zero attached hydrogens (tertiary/aromatic N) is 3. The molecule has 2 aromatic heterocycles. The van der Waals surface area contributed by atoms with Gasteiger partial charge in [0, 0.05) is 28.2 Å². The molecular formula is C20H22N4OS. The highest BCUT2D eigenvalue weighted by Crippen LogP contribution is 2.38. The zero-order valence-electron chi connectivity index (χ0n) is 14.8. The minimum Gasteiger partial charge on any atom is -0.507 e. The first-order valence-corrected chi connectivity index (χ1v) is 10.1. The number of aryl methyl sites for hydroxylation is 1. The Kier molecular flexibility index (Phi) is 3.83. The van der Waals surface area contributed by atoms with Crippen LogP contribution in [0.1, 0.15) is 18.4 Å². The molecule has 3 aliphatic rings. The molecule has 5 heterocycles. The van der Waals surface area contributed by atoms with Crippen LogP contribution in [-0.4, -0.2) is 45.9 Å². The Morgan fingerprint density at radius 3 is 2.77 bits per heavy atom. The first-order valence-electron chi connectivity index (χ1n) is 9.22. The smallest absolute Gasteiger partial charge is 0.149 e. The third kappa shape index (κ3) is 2.64. The number of aromatic nitrogens is 2. The van der Waals surface area contributed by atoms with E-state index in [1.165, 1.54) is 25.9 Å². The van der Waals surface area contributed by atoms with Gasteiger partial charge in [-0.25, -0.2) is 0 Å². The Labute approximate surface area is 156 Å². The van der Waals surface area contributed by atoms with Gasteiger partial charge in [-0.3, -0.25) is 0 Å². The highest BCUT2D eigenvalue weighted by atomic mass is 32.1. The number of nitrogens with one attached hydrogen (secondary N) is 1. The molecule has 0 amide bonds. The molecule has 2 N–H and O–H groups in total. The molecule has 0 spiro atoms. The van der Waals surface area contributed by atoms with Crippen LogP contribution in [0.4, 0.5) is 5.82 Å². The van der Waals surface area contributed by atoms with Crippen LogP contribution in [0.15, 0.2) is 29.6 Å². The van der Waals surface area contributed by atoms with Crippen LogP contribution in [0.3, 0.4) is 0 Å². The maximum Gasteiger partial charge on any atom is 0.149 e. The fourth-order valence-electron chi connectivity index (χ4n) is 4.36. The molecule has 0 radical (unpaired) electrons. The number of hydrogen-bond donors (Lipinski definition) is 2. The summed E-state index contributed by atoms with van der Waals surface area (Å²) in [6, 6.07) is 8.44. The molecule has 6 rings (SSSR count). The number of hydrogen-bond acceptors (Lipinski definition) is 6. The van der Waals surface area contributed by atoms with Gasteiger partial charge in [0.15, 0.2) is 0 Å². The quantitative estimate of drug-likeness (QED) is 0.737. The second kappa shape index (κ2) is 6.21. The van der Waals surface area contributed by atoms with E-state index in [4.69, 9.17) is 0 Å². The number of piperidine rings is 3. The Morgan fingerprint density at radius 1 is 1.19 bits per heavy atom. The van der Waals surface area contributed by atoms with Crippen LogP contribution in [0.25, 0.3) is 21.3 Å². The zero-order valence-corrected chi connectivity index (χ0v) is 15.6. The van der Waals surface area contributed by atoms with E-state index in [0.29, 0.717) is 11.8 Å². The summed E-state index contributed by atoms with van der Waals surface area (Å²) in [6.45, 7) is 5.60. The van der Waals surface area contributed by atoms with Crippen LogP contribution >= 0.6 is 11.3 Å². The molecule has 2 bridgehead atoms. The monoisotopic (exact) mass is 366 g/mol. The third-order valence-electron chi connectivity index (χ3n) is 5.84. The largest absolute Gasteiger partial charge is 0.507 e. The summed E-state index contributed by atoms with van der Waals surface area (Å²) < 4.78 is 1.08. The summed E-state index contributed by atoms with van der Waals surface area (Å²) in [6.07, 6.45) is 2.55. The second-order valence-electron chi connectivity index (χ2n) is 7.44. The Bertz CT molecular complexity index is 962. The molecule has 3 aliphatic heterocycles. The average molecular weight is 366 g/mol. The molecule has 5 nitrogen and oxygen atoms in total. The fraction of sp³-hybridized carbons (Fsp3) is 0.400. The molecular weight excluding hydrogens is 344 g/mol. The van der Waals surface area contributed by atoms with Crippen molar-refractivity contribution in [2.45, 2.75) is 25.8 Å². The van der Waals surface area contributed by atoms with Gasteiger partial charge in [-0.05, 0) is 74.0 Å². The number of anilines is 1. The van der Waals surface area contributed by atoms with Crippen LogP contribution in [0, 0.1) is 12.8 Å². The van der Waals surface area contributed by atoms with Gasteiger partial charge in [-0.2, -0.15) is 0 Å². The molecule has 1 aromatic carbocycles. The predicted molar refractivity (Wildman–Crippen MR) is 106 cm³/mol.